The van der Waals surface area contributed by atoms with Gasteiger partial charge in [-0.3, -0.25) is 0 Å². The Hall–Kier alpha value is -1.51. The predicted octanol–water partition coefficient (Wildman–Crippen LogP) is 1.92. The highest BCUT2D eigenvalue weighted by molar-refractivity contribution is 5.56. The number of rotatable bonds is 4. The second-order valence-corrected chi connectivity index (χ2v) is 2.25. The summed E-state index contributed by atoms with van der Waals surface area (Å²) < 4.78 is 5.31. The molecule has 0 saturated heterocycles. The van der Waals surface area contributed by atoms with E-state index in [2.05, 4.69) is 5.16 Å². The Morgan fingerprint density at radius 1 is 1.33 bits per heavy atom. The normalized spacial score (nSPS) is 10.3. The Kier molecular flexibility index (Phi) is 3.71. The minimum Gasteiger partial charge on any atom is -0.493 e. The molecule has 0 unspecified atom stereocenters. The Morgan fingerprint density at radius 2 is 2.08 bits per heavy atom. The quantitative estimate of drug-likeness (QED) is 0.320. The van der Waals surface area contributed by atoms with Crippen LogP contribution in [0, 0.1) is 0 Å². The molecular weight excluding hydrogens is 154 g/mol. The summed E-state index contributed by atoms with van der Waals surface area (Å²) in [4.78, 5) is 0. The van der Waals surface area contributed by atoms with Gasteiger partial charge in [0.05, 0.1) is 6.61 Å². The molecular formula is C9H11NO2. The van der Waals surface area contributed by atoms with Gasteiger partial charge in [0, 0.05) is 12.6 Å². The van der Waals surface area contributed by atoms with Crippen LogP contribution < -0.4 is 4.74 Å². The van der Waals surface area contributed by atoms with Crippen LogP contribution >= 0.6 is 0 Å². The molecule has 0 aliphatic carbocycles. The molecule has 0 bridgehead atoms. The SMILES string of the molecule is O/N=C/CCOc1ccccc1. The molecule has 0 fully saturated rings. The lowest BCUT2D eigenvalue weighted by Gasteiger charge is -2.01. The molecule has 1 N–H and O–H groups in total. The minimum absolute atomic E-state index is 0.536. The summed E-state index contributed by atoms with van der Waals surface area (Å²) in [7, 11) is 0. The maximum Gasteiger partial charge on any atom is 0.119 e. The average molecular weight is 165 g/mol. The fraction of sp³-hybridized carbons (Fsp3) is 0.222. The molecule has 0 aliphatic heterocycles. The molecule has 3 heteroatoms. The van der Waals surface area contributed by atoms with E-state index in [9.17, 15) is 0 Å². The summed E-state index contributed by atoms with van der Waals surface area (Å²) in [6.45, 7) is 0.536. The van der Waals surface area contributed by atoms with Crippen molar-refractivity contribution in [1.29, 1.82) is 0 Å². The molecule has 0 amide bonds. The van der Waals surface area contributed by atoms with E-state index in [0.717, 1.165) is 5.75 Å². The van der Waals surface area contributed by atoms with Crippen LogP contribution in [0.1, 0.15) is 6.42 Å². The largest absolute Gasteiger partial charge is 0.493 e. The lowest BCUT2D eigenvalue weighted by atomic mass is 10.3. The zero-order valence-electron chi connectivity index (χ0n) is 6.68. The number of benzene rings is 1. The molecule has 3 nitrogen and oxygen atoms in total. The summed E-state index contributed by atoms with van der Waals surface area (Å²) in [5.41, 5.74) is 0. The summed E-state index contributed by atoms with van der Waals surface area (Å²) >= 11 is 0. The molecule has 12 heavy (non-hydrogen) atoms. The smallest absolute Gasteiger partial charge is 0.119 e. The molecule has 0 saturated carbocycles. The molecule has 0 spiro atoms. The summed E-state index contributed by atoms with van der Waals surface area (Å²) in [5.74, 6) is 0.837. The van der Waals surface area contributed by atoms with Crippen LogP contribution in [-0.2, 0) is 0 Å². The van der Waals surface area contributed by atoms with Gasteiger partial charge in [-0.05, 0) is 12.1 Å². The van der Waals surface area contributed by atoms with Crippen molar-refractivity contribution >= 4 is 6.21 Å². The highest BCUT2D eigenvalue weighted by Gasteiger charge is 1.88. The first-order valence-corrected chi connectivity index (χ1v) is 3.77. The number of oxime groups is 1. The number of hydrogen-bond acceptors (Lipinski definition) is 3. The molecule has 64 valence electrons. The van der Waals surface area contributed by atoms with E-state index in [4.69, 9.17) is 9.94 Å². The predicted molar refractivity (Wildman–Crippen MR) is 46.8 cm³/mol. The van der Waals surface area contributed by atoms with Crippen LogP contribution in [0.2, 0.25) is 0 Å². The third-order valence-electron chi connectivity index (χ3n) is 1.34. The zero-order valence-corrected chi connectivity index (χ0v) is 6.68. The first-order chi connectivity index (χ1) is 5.93. The van der Waals surface area contributed by atoms with E-state index in [1.165, 1.54) is 6.21 Å². The summed E-state index contributed by atoms with van der Waals surface area (Å²) in [6, 6.07) is 9.53. The summed E-state index contributed by atoms with van der Waals surface area (Å²) in [6.07, 6.45) is 2.02. The molecule has 1 rings (SSSR count). The molecule has 0 heterocycles. The van der Waals surface area contributed by atoms with E-state index in [1.54, 1.807) is 0 Å². The summed E-state index contributed by atoms with van der Waals surface area (Å²) in [5, 5.41) is 10.9. The van der Waals surface area contributed by atoms with Crippen molar-refractivity contribution in [3.63, 3.8) is 0 Å². The van der Waals surface area contributed by atoms with E-state index < -0.39 is 0 Å². The Labute approximate surface area is 71.3 Å². The van der Waals surface area contributed by atoms with Gasteiger partial charge in [0.25, 0.3) is 0 Å². The van der Waals surface area contributed by atoms with Crippen LogP contribution in [0.25, 0.3) is 0 Å². The highest BCUT2D eigenvalue weighted by Crippen LogP contribution is 2.07. The van der Waals surface area contributed by atoms with Gasteiger partial charge in [-0.1, -0.05) is 18.2 Å². The fourth-order valence-corrected chi connectivity index (χ4v) is 0.804. The Bertz CT molecular complexity index is 234. The van der Waals surface area contributed by atoms with Gasteiger partial charge >= 0.3 is 0 Å². The van der Waals surface area contributed by atoms with Crippen molar-refractivity contribution in [2.45, 2.75) is 6.42 Å². The van der Waals surface area contributed by atoms with E-state index >= 15 is 0 Å². The molecule has 1 aromatic carbocycles. The number of ether oxygens (including phenoxy) is 1. The van der Waals surface area contributed by atoms with Gasteiger partial charge in [-0.2, -0.15) is 0 Å². The van der Waals surface area contributed by atoms with E-state index in [0.29, 0.717) is 13.0 Å². The van der Waals surface area contributed by atoms with Crippen molar-refractivity contribution < 1.29 is 9.94 Å². The van der Waals surface area contributed by atoms with E-state index in [1.807, 2.05) is 30.3 Å². The molecule has 0 aromatic heterocycles. The second kappa shape index (κ2) is 5.18. The van der Waals surface area contributed by atoms with Gasteiger partial charge in [0.2, 0.25) is 0 Å². The van der Waals surface area contributed by atoms with Gasteiger partial charge < -0.3 is 9.94 Å². The number of hydrogen-bond donors (Lipinski definition) is 1. The van der Waals surface area contributed by atoms with Gasteiger partial charge in [0.15, 0.2) is 0 Å². The number of para-hydroxylation sites is 1. The third-order valence-corrected chi connectivity index (χ3v) is 1.34. The third kappa shape index (κ3) is 3.05. The Balaban J connectivity index is 2.24. The maximum atomic E-state index is 8.08. The molecule has 1 aromatic rings. The lowest BCUT2D eigenvalue weighted by Crippen LogP contribution is -1.97. The lowest BCUT2D eigenvalue weighted by molar-refractivity contribution is 0.310. The van der Waals surface area contributed by atoms with Crippen molar-refractivity contribution in [3.05, 3.63) is 30.3 Å². The van der Waals surface area contributed by atoms with Crippen LogP contribution in [0.3, 0.4) is 0 Å². The zero-order chi connectivity index (χ0) is 8.65. The van der Waals surface area contributed by atoms with Gasteiger partial charge in [-0.15, -0.1) is 5.16 Å². The first-order valence-electron chi connectivity index (χ1n) is 3.77. The van der Waals surface area contributed by atoms with Crippen LogP contribution in [0.4, 0.5) is 0 Å². The monoisotopic (exact) mass is 165 g/mol. The maximum absolute atomic E-state index is 8.08. The average Bonchev–Trinajstić information content (AvgIpc) is 2.14. The van der Waals surface area contributed by atoms with Gasteiger partial charge in [0.1, 0.15) is 5.75 Å². The van der Waals surface area contributed by atoms with Crippen molar-refractivity contribution in [2.75, 3.05) is 6.61 Å². The first kappa shape index (κ1) is 8.59. The van der Waals surface area contributed by atoms with Crippen molar-refractivity contribution in [3.8, 4) is 5.75 Å². The van der Waals surface area contributed by atoms with Gasteiger partial charge in [-0.25, -0.2) is 0 Å². The Morgan fingerprint density at radius 3 is 2.75 bits per heavy atom. The van der Waals surface area contributed by atoms with Crippen LogP contribution in [-0.4, -0.2) is 18.0 Å². The minimum atomic E-state index is 0.536. The number of nitrogens with zero attached hydrogens (tertiary/aromatic N) is 1. The van der Waals surface area contributed by atoms with Crippen molar-refractivity contribution in [2.24, 2.45) is 5.16 Å². The second-order valence-electron chi connectivity index (χ2n) is 2.25. The van der Waals surface area contributed by atoms with E-state index in [-0.39, 0.29) is 0 Å². The molecule has 0 atom stereocenters. The fourth-order valence-electron chi connectivity index (χ4n) is 0.804. The molecule has 0 radical (unpaired) electrons. The molecule has 0 aliphatic rings. The van der Waals surface area contributed by atoms with Crippen molar-refractivity contribution in [1.82, 2.24) is 0 Å². The van der Waals surface area contributed by atoms with Crippen LogP contribution in [0.15, 0.2) is 35.5 Å². The van der Waals surface area contributed by atoms with Crippen LogP contribution in [0.5, 0.6) is 5.75 Å². The topological polar surface area (TPSA) is 41.8 Å². The standard InChI is InChI=1S/C9H11NO2/c11-10-7-4-8-12-9-5-2-1-3-6-9/h1-3,5-7,11H,4,8H2/b10-7+. The highest BCUT2D eigenvalue weighted by atomic mass is 16.5.